The number of hydrogen-bond donors (Lipinski definition) is 2. The Morgan fingerprint density at radius 1 is 1.56 bits per heavy atom. The van der Waals surface area contributed by atoms with E-state index >= 15 is 0 Å². The molecular formula is C11H15N3O2. The van der Waals surface area contributed by atoms with Crippen molar-refractivity contribution in [2.24, 2.45) is 5.92 Å². The minimum absolute atomic E-state index is 0.125. The number of aromatic nitrogens is 2. The predicted molar refractivity (Wildman–Crippen MR) is 59.4 cm³/mol. The maximum Gasteiger partial charge on any atom is 0.339 e. The molecule has 2 rings (SSSR count). The average molecular weight is 221 g/mol. The minimum Gasteiger partial charge on any atom is -0.478 e. The van der Waals surface area contributed by atoms with Crippen LogP contribution in [0.15, 0.2) is 12.3 Å². The second kappa shape index (κ2) is 3.73. The number of aromatic carboxylic acids is 1. The van der Waals surface area contributed by atoms with Gasteiger partial charge in [0.05, 0.1) is 6.20 Å². The molecule has 1 fully saturated rings. The van der Waals surface area contributed by atoms with E-state index in [1.165, 1.54) is 25.1 Å². The van der Waals surface area contributed by atoms with Crippen LogP contribution in [0, 0.1) is 5.92 Å². The lowest BCUT2D eigenvalue weighted by Gasteiger charge is -2.27. The van der Waals surface area contributed by atoms with E-state index in [9.17, 15) is 4.79 Å². The smallest absolute Gasteiger partial charge is 0.339 e. The van der Waals surface area contributed by atoms with Gasteiger partial charge in [0.2, 0.25) is 0 Å². The van der Waals surface area contributed by atoms with E-state index in [4.69, 9.17) is 5.11 Å². The number of carboxylic acid groups (broad SMARTS) is 1. The summed E-state index contributed by atoms with van der Waals surface area (Å²) in [5.41, 5.74) is 0.0453. The number of carbonyl (C=O) groups is 1. The van der Waals surface area contributed by atoms with Gasteiger partial charge in [-0.3, -0.25) is 0 Å². The summed E-state index contributed by atoms with van der Waals surface area (Å²) >= 11 is 0. The second-order valence-electron chi connectivity index (χ2n) is 4.72. The van der Waals surface area contributed by atoms with Crippen LogP contribution in [0.1, 0.15) is 37.0 Å². The van der Waals surface area contributed by atoms with Crippen LogP contribution in [0.5, 0.6) is 0 Å². The number of nitrogens with zero attached hydrogens (tertiary/aromatic N) is 2. The Balaban J connectivity index is 2.23. The quantitative estimate of drug-likeness (QED) is 0.810. The molecule has 1 heterocycles. The van der Waals surface area contributed by atoms with Crippen LogP contribution in [-0.4, -0.2) is 26.8 Å². The lowest BCUT2D eigenvalue weighted by molar-refractivity contribution is 0.0697. The fraction of sp³-hybridized carbons (Fsp3) is 0.545. The molecule has 0 unspecified atom stereocenters. The highest BCUT2D eigenvalue weighted by Crippen LogP contribution is 2.41. The molecule has 0 atom stereocenters. The average Bonchev–Trinajstić information content (AvgIpc) is 3.00. The van der Waals surface area contributed by atoms with Crippen molar-refractivity contribution in [2.75, 3.05) is 5.32 Å². The van der Waals surface area contributed by atoms with E-state index in [0.717, 1.165) is 0 Å². The zero-order chi connectivity index (χ0) is 11.8. The highest BCUT2D eigenvalue weighted by molar-refractivity contribution is 5.92. The lowest BCUT2D eigenvalue weighted by atomic mass is 9.98. The maximum atomic E-state index is 11.0. The summed E-state index contributed by atoms with van der Waals surface area (Å²) in [6.45, 7) is 4.12. The van der Waals surface area contributed by atoms with E-state index in [2.05, 4.69) is 29.4 Å². The first-order chi connectivity index (χ1) is 7.50. The van der Waals surface area contributed by atoms with E-state index in [-0.39, 0.29) is 11.1 Å². The van der Waals surface area contributed by atoms with E-state index in [0.29, 0.717) is 11.7 Å². The van der Waals surface area contributed by atoms with E-state index in [1.807, 2.05) is 0 Å². The lowest BCUT2D eigenvalue weighted by Crippen LogP contribution is -2.34. The van der Waals surface area contributed by atoms with Crippen molar-refractivity contribution in [3.8, 4) is 0 Å². The van der Waals surface area contributed by atoms with Gasteiger partial charge >= 0.3 is 5.97 Å². The van der Waals surface area contributed by atoms with Gasteiger partial charge in [0.15, 0.2) is 5.82 Å². The first-order valence-electron chi connectivity index (χ1n) is 5.34. The molecule has 1 aromatic heterocycles. The third kappa shape index (κ3) is 2.13. The molecule has 0 saturated heterocycles. The van der Waals surface area contributed by atoms with E-state index < -0.39 is 5.97 Å². The number of anilines is 1. The minimum atomic E-state index is -0.982. The molecule has 0 radical (unpaired) electrons. The largest absolute Gasteiger partial charge is 0.478 e. The van der Waals surface area contributed by atoms with Gasteiger partial charge in [-0.1, -0.05) is 0 Å². The Kier molecular flexibility index (Phi) is 2.53. The molecule has 0 bridgehead atoms. The van der Waals surface area contributed by atoms with Gasteiger partial charge in [-0.05, 0) is 38.7 Å². The van der Waals surface area contributed by atoms with Crippen molar-refractivity contribution in [1.29, 1.82) is 0 Å². The molecule has 5 nitrogen and oxygen atoms in total. The summed E-state index contributed by atoms with van der Waals surface area (Å²) in [5, 5.41) is 19.8. The fourth-order valence-electron chi connectivity index (χ4n) is 1.81. The summed E-state index contributed by atoms with van der Waals surface area (Å²) < 4.78 is 0. The monoisotopic (exact) mass is 221 g/mol. The number of carboxylic acids is 1. The summed E-state index contributed by atoms with van der Waals surface area (Å²) in [6, 6.07) is 1.46. The van der Waals surface area contributed by atoms with Crippen LogP contribution < -0.4 is 5.32 Å². The number of rotatable bonds is 4. The number of nitrogens with one attached hydrogen (secondary N) is 1. The molecule has 1 saturated carbocycles. The molecule has 1 aliphatic rings. The Hall–Kier alpha value is -1.65. The van der Waals surface area contributed by atoms with Crippen molar-refractivity contribution in [1.82, 2.24) is 10.2 Å². The summed E-state index contributed by atoms with van der Waals surface area (Å²) in [7, 11) is 0. The molecule has 0 aliphatic heterocycles. The SMILES string of the molecule is CC(C)(Nc1nnccc1C(=O)O)C1CC1. The van der Waals surface area contributed by atoms with Crippen LogP contribution in [0.3, 0.4) is 0 Å². The standard InChI is InChI=1S/C11H15N3O2/c1-11(2,7-3-4-7)13-9-8(10(15)16)5-6-12-14-9/h5-7H,3-4H2,1-2H3,(H,13,14)(H,15,16). The molecule has 1 aromatic rings. The van der Waals surface area contributed by atoms with Gasteiger partial charge in [-0.15, -0.1) is 5.10 Å². The normalized spacial score (nSPS) is 15.9. The molecule has 1 aliphatic carbocycles. The van der Waals surface area contributed by atoms with Crippen molar-refractivity contribution >= 4 is 11.8 Å². The van der Waals surface area contributed by atoms with Gasteiger partial charge in [0, 0.05) is 5.54 Å². The second-order valence-corrected chi connectivity index (χ2v) is 4.72. The molecule has 86 valence electrons. The predicted octanol–water partition coefficient (Wildman–Crippen LogP) is 1.78. The molecule has 16 heavy (non-hydrogen) atoms. The van der Waals surface area contributed by atoms with Crippen molar-refractivity contribution in [3.63, 3.8) is 0 Å². The molecule has 2 N–H and O–H groups in total. The Morgan fingerprint density at radius 2 is 2.25 bits per heavy atom. The fourth-order valence-corrected chi connectivity index (χ4v) is 1.81. The van der Waals surface area contributed by atoms with Gasteiger partial charge in [0.1, 0.15) is 5.56 Å². The van der Waals surface area contributed by atoms with Gasteiger partial charge in [-0.25, -0.2) is 4.79 Å². The molecule has 0 amide bonds. The summed E-state index contributed by atoms with van der Waals surface area (Å²) in [4.78, 5) is 11.0. The Morgan fingerprint density at radius 3 is 2.81 bits per heavy atom. The van der Waals surface area contributed by atoms with Crippen LogP contribution in [-0.2, 0) is 0 Å². The van der Waals surface area contributed by atoms with Crippen molar-refractivity contribution < 1.29 is 9.90 Å². The topological polar surface area (TPSA) is 75.1 Å². The van der Waals surface area contributed by atoms with Crippen molar-refractivity contribution in [2.45, 2.75) is 32.2 Å². The van der Waals surface area contributed by atoms with Crippen LogP contribution in [0.2, 0.25) is 0 Å². The highest BCUT2D eigenvalue weighted by atomic mass is 16.4. The van der Waals surface area contributed by atoms with Crippen LogP contribution >= 0.6 is 0 Å². The van der Waals surface area contributed by atoms with E-state index in [1.54, 1.807) is 0 Å². The Labute approximate surface area is 93.9 Å². The Bertz CT molecular complexity index is 413. The summed E-state index contributed by atoms with van der Waals surface area (Å²) in [6.07, 6.45) is 3.75. The van der Waals surface area contributed by atoms with Crippen LogP contribution in [0.4, 0.5) is 5.82 Å². The third-order valence-electron chi connectivity index (χ3n) is 2.99. The van der Waals surface area contributed by atoms with Gasteiger partial charge < -0.3 is 10.4 Å². The molecular weight excluding hydrogens is 206 g/mol. The number of hydrogen-bond acceptors (Lipinski definition) is 4. The third-order valence-corrected chi connectivity index (χ3v) is 2.99. The molecule has 0 spiro atoms. The highest BCUT2D eigenvalue weighted by Gasteiger charge is 2.38. The zero-order valence-corrected chi connectivity index (χ0v) is 9.40. The van der Waals surface area contributed by atoms with Crippen LogP contribution in [0.25, 0.3) is 0 Å². The van der Waals surface area contributed by atoms with Crippen molar-refractivity contribution in [3.05, 3.63) is 17.8 Å². The van der Waals surface area contributed by atoms with Gasteiger partial charge in [-0.2, -0.15) is 5.10 Å². The molecule has 0 aromatic carbocycles. The zero-order valence-electron chi connectivity index (χ0n) is 9.40. The summed E-state index contributed by atoms with van der Waals surface area (Å²) in [5.74, 6) is -0.0351. The maximum absolute atomic E-state index is 11.0. The van der Waals surface area contributed by atoms with Gasteiger partial charge in [0.25, 0.3) is 0 Å². The molecule has 5 heteroatoms. The first-order valence-corrected chi connectivity index (χ1v) is 5.34. The first kappa shape index (κ1) is 10.9.